The summed E-state index contributed by atoms with van der Waals surface area (Å²) in [5, 5.41) is 18.2. The molecular formula is C13H14N6S. The highest BCUT2D eigenvalue weighted by molar-refractivity contribution is 7.09. The molecule has 102 valence electrons. The van der Waals surface area contributed by atoms with Gasteiger partial charge in [-0.25, -0.2) is 4.98 Å². The lowest BCUT2D eigenvalue weighted by atomic mass is 10.2. The van der Waals surface area contributed by atoms with Gasteiger partial charge in [0.2, 0.25) is 0 Å². The normalized spacial score (nSPS) is 10.7. The lowest BCUT2D eigenvalue weighted by Gasteiger charge is -1.97. The maximum absolute atomic E-state index is 4.60. The third-order valence-corrected chi connectivity index (χ3v) is 3.60. The molecule has 0 aliphatic rings. The number of tetrazole rings is 1. The highest BCUT2D eigenvalue weighted by atomic mass is 32.1. The summed E-state index contributed by atoms with van der Waals surface area (Å²) in [5.41, 5.74) is 2.13. The summed E-state index contributed by atoms with van der Waals surface area (Å²) in [6, 6.07) is 10.1. The van der Waals surface area contributed by atoms with Gasteiger partial charge in [-0.3, -0.25) is 0 Å². The van der Waals surface area contributed by atoms with Crippen LogP contribution in [-0.2, 0) is 13.1 Å². The van der Waals surface area contributed by atoms with E-state index in [-0.39, 0.29) is 0 Å². The first-order valence-corrected chi connectivity index (χ1v) is 7.24. The van der Waals surface area contributed by atoms with Crippen LogP contribution in [0.4, 0.5) is 5.95 Å². The maximum atomic E-state index is 4.60. The van der Waals surface area contributed by atoms with Gasteiger partial charge in [-0.05, 0) is 12.1 Å². The van der Waals surface area contributed by atoms with Crippen molar-refractivity contribution in [1.82, 2.24) is 25.2 Å². The molecule has 0 bridgehead atoms. The fourth-order valence-electron chi connectivity index (χ4n) is 1.74. The SMILES string of the molecule is CCn1nnc(NCc2nc(-c3ccccc3)cs2)n1. The van der Waals surface area contributed by atoms with Gasteiger partial charge in [0, 0.05) is 10.9 Å². The maximum Gasteiger partial charge on any atom is 0.263 e. The zero-order valence-corrected chi connectivity index (χ0v) is 11.8. The monoisotopic (exact) mass is 286 g/mol. The fraction of sp³-hybridized carbons (Fsp3) is 0.231. The summed E-state index contributed by atoms with van der Waals surface area (Å²) >= 11 is 1.62. The molecule has 2 heterocycles. The predicted octanol–water partition coefficient (Wildman–Crippen LogP) is 2.43. The predicted molar refractivity (Wildman–Crippen MR) is 78.4 cm³/mol. The molecule has 0 aliphatic heterocycles. The van der Waals surface area contributed by atoms with E-state index in [1.54, 1.807) is 16.1 Å². The Bertz CT molecular complexity index is 675. The molecule has 0 saturated carbocycles. The number of hydrogen-bond donors (Lipinski definition) is 1. The van der Waals surface area contributed by atoms with Gasteiger partial charge >= 0.3 is 0 Å². The average molecular weight is 286 g/mol. The molecule has 0 amide bonds. The number of rotatable bonds is 5. The molecule has 0 aliphatic carbocycles. The van der Waals surface area contributed by atoms with Crippen molar-refractivity contribution < 1.29 is 0 Å². The van der Waals surface area contributed by atoms with Crippen molar-refractivity contribution >= 4 is 17.3 Å². The molecule has 0 saturated heterocycles. The van der Waals surface area contributed by atoms with Crippen molar-refractivity contribution in [3.8, 4) is 11.3 Å². The van der Waals surface area contributed by atoms with E-state index >= 15 is 0 Å². The van der Waals surface area contributed by atoms with E-state index in [0.717, 1.165) is 16.3 Å². The standard InChI is InChI=1S/C13H14N6S/c1-2-19-17-13(16-18-19)14-8-12-15-11(9-20-12)10-6-4-3-5-7-10/h3-7,9H,2,8H2,1H3,(H,14,17). The van der Waals surface area contributed by atoms with Crippen LogP contribution in [-0.4, -0.2) is 25.2 Å². The molecule has 3 aromatic rings. The van der Waals surface area contributed by atoms with E-state index in [2.05, 4.69) is 43.2 Å². The van der Waals surface area contributed by atoms with E-state index in [0.29, 0.717) is 19.0 Å². The number of hydrogen-bond acceptors (Lipinski definition) is 6. The Morgan fingerprint density at radius 2 is 2.10 bits per heavy atom. The van der Waals surface area contributed by atoms with Gasteiger partial charge in [0.15, 0.2) is 0 Å². The minimum atomic E-state index is 0.531. The van der Waals surface area contributed by atoms with Crippen molar-refractivity contribution in [2.45, 2.75) is 20.0 Å². The quantitative estimate of drug-likeness (QED) is 0.780. The fourth-order valence-corrected chi connectivity index (χ4v) is 2.48. The molecule has 3 rings (SSSR count). The number of aryl methyl sites for hydroxylation is 1. The molecule has 0 unspecified atom stereocenters. The average Bonchev–Trinajstić information content (AvgIpc) is 3.15. The van der Waals surface area contributed by atoms with Gasteiger partial charge in [0.25, 0.3) is 5.95 Å². The molecule has 2 aromatic heterocycles. The Kier molecular flexibility index (Phi) is 3.69. The van der Waals surface area contributed by atoms with E-state index in [4.69, 9.17) is 0 Å². The van der Waals surface area contributed by atoms with Crippen LogP contribution in [0.25, 0.3) is 11.3 Å². The van der Waals surface area contributed by atoms with Crippen molar-refractivity contribution in [3.05, 3.63) is 40.7 Å². The third-order valence-electron chi connectivity index (χ3n) is 2.75. The molecule has 1 aromatic carbocycles. The largest absolute Gasteiger partial charge is 0.345 e. The van der Waals surface area contributed by atoms with Crippen LogP contribution < -0.4 is 5.32 Å². The lowest BCUT2D eigenvalue weighted by molar-refractivity contribution is 0.552. The van der Waals surface area contributed by atoms with E-state index in [9.17, 15) is 0 Å². The molecule has 0 atom stereocenters. The summed E-state index contributed by atoms with van der Waals surface area (Å²) in [6.45, 7) is 3.29. The molecule has 0 fully saturated rings. The summed E-state index contributed by atoms with van der Waals surface area (Å²) in [5.74, 6) is 0.531. The van der Waals surface area contributed by atoms with E-state index in [1.807, 2.05) is 25.1 Å². The minimum Gasteiger partial charge on any atom is -0.345 e. The number of nitrogens with zero attached hydrogens (tertiary/aromatic N) is 5. The van der Waals surface area contributed by atoms with Crippen molar-refractivity contribution in [2.75, 3.05) is 5.32 Å². The van der Waals surface area contributed by atoms with Crippen LogP contribution in [0.3, 0.4) is 0 Å². The highest BCUT2D eigenvalue weighted by Crippen LogP contribution is 2.21. The Morgan fingerprint density at radius 1 is 1.25 bits per heavy atom. The lowest BCUT2D eigenvalue weighted by Crippen LogP contribution is -2.02. The topological polar surface area (TPSA) is 68.5 Å². The summed E-state index contributed by atoms with van der Waals surface area (Å²) in [7, 11) is 0. The summed E-state index contributed by atoms with van der Waals surface area (Å²) < 4.78 is 0. The summed E-state index contributed by atoms with van der Waals surface area (Å²) in [6.07, 6.45) is 0. The molecule has 6 nitrogen and oxygen atoms in total. The second-order valence-electron chi connectivity index (χ2n) is 4.15. The molecule has 7 heteroatoms. The molecule has 1 N–H and O–H groups in total. The van der Waals surface area contributed by atoms with Crippen LogP contribution in [0.15, 0.2) is 35.7 Å². The van der Waals surface area contributed by atoms with Crippen LogP contribution >= 0.6 is 11.3 Å². The zero-order valence-electron chi connectivity index (χ0n) is 11.0. The van der Waals surface area contributed by atoms with Crippen LogP contribution in [0.1, 0.15) is 11.9 Å². The number of nitrogens with one attached hydrogen (secondary N) is 1. The Balaban J connectivity index is 1.65. The molecule has 0 spiro atoms. The van der Waals surface area contributed by atoms with Crippen molar-refractivity contribution in [2.24, 2.45) is 0 Å². The molecular weight excluding hydrogens is 272 g/mol. The highest BCUT2D eigenvalue weighted by Gasteiger charge is 2.06. The van der Waals surface area contributed by atoms with Gasteiger partial charge in [0.1, 0.15) is 5.01 Å². The van der Waals surface area contributed by atoms with Gasteiger partial charge < -0.3 is 5.32 Å². The number of aromatic nitrogens is 5. The Labute approximate surface area is 120 Å². The van der Waals surface area contributed by atoms with Gasteiger partial charge in [-0.1, -0.05) is 35.4 Å². The minimum absolute atomic E-state index is 0.531. The third kappa shape index (κ3) is 2.83. The van der Waals surface area contributed by atoms with Gasteiger partial charge in [-0.15, -0.1) is 16.4 Å². The first-order valence-electron chi connectivity index (χ1n) is 6.36. The van der Waals surface area contributed by atoms with Crippen molar-refractivity contribution in [1.29, 1.82) is 0 Å². The van der Waals surface area contributed by atoms with Gasteiger partial charge in [-0.2, -0.15) is 4.80 Å². The number of benzene rings is 1. The first-order chi connectivity index (χ1) is 9.85. The molecule has 20 heavy (non-hydrogen) atoms. The van der Waals surface area contributed by atoms with E-state index < -0.39 is 0 Å². The molecule has 0 radical (unpaired) electrons. The van der Waals surface area contributed by atoms with Crippen molar-refractivity contribution in [3.63, 3.8) is 0 Å². The number of anilines is 1. The second kappa shape index (κ2) is 5.79. The Hall–Kier alpha value is -2.28. The second-order valence-corrected chi connectivity index (χ2v) is 5.09. The van der Waals surface area contributed by atoms with E-state index in [1.165, 1.54) is 0 Å². The van der Waals surface area contributed by atoms with Gasteiger partial charge in [0.05, 0.1) is 18.8 Å². The summed E-state index contributed by atoms with van der Waals surface area (Å²) in [4.78, 5) is 6.14. The Morgan fingerprint density at radius 3 is 2.85 bits per heavy atom. The zero-order chi connectivity index (χ0) is 13.8. The van der Waals surface area contributed by atoms with Crippen LogP contribution in [0, 0.1) is 0 Å². The van der Waals surface area contributed by atoms with Crippen LogP contribution in [0.2, 0.25) is 0 Å². The smallest absolute Gasteiger partial charge is 0.263 e. The van der Waals surface area contributed by atoms with Crippen LogP contribution in [0.5, 0.6) is 0 Å². The first kappa shape index (κ1) is 12.7. The number of thiazole rings is 1.